The third-order valence-electron chi connectivity index (χ3n) is 2.88. The van der Waals surface area contributed by atoms with Crippen molar-refractivity contribution in [3.05, 3.63) is 41.4 Å². The molecule has 0 N–H and O–H groups in total. The minimum absolute atomic E-state index is 0.0475. The zero-order valence-electron chi connectivity index (χ0n) is 11.5. The Balaban J connectivity index is 1.90. The molecule has 0 aliphatic carbocycles. The lowest BCUT2D eigenvalue weighted by atomic mass is 10.1. The molecule has 0 saturated carbocycles. The molecule has 1 aromatic rings. The highest BCUT2D eigenvalue weighted by molar-refractivity contribution is 8.00. The number of hydrogen-bond acceptors (Lipinski definition) is 6. The number of ketones is 1. The van der Waals surface area contributed by atoms with Crippen LogP contribution in [-0.2, 0) is 19.1 Å². The first-order valence-electron chi connectivity index (χ1n) is 6.46. The summed E-state index contributed by atoms with van der Waals surface area (Å²) in [4.78, 5) is 35.5. The number of benzene rings is 1. The standard InChI is InChI=1S/C15H13ClO5S/c1-2-14(18)20-5-6-21-15(19)13-8-11(17)10-7-9(16)3-4-12(10)22-13/h2-4,7,13H,1,5-6,8H2. The molecule has 0 fully saturated rings. The molecule has 0 saturated heterocycles. The number of ether oxygens (including phenoxy) is 2. The number of thioether (sulfide) groups is 1. The van der Waals surface area contributed by atoms with Crippen LogP contribution in [0, 0.1) is 0 Å². The number of esters is 2. The van der Waals surface area contributed by atoms with Crippen LogP contribution in [0.5, 0.6) is 0 Å². The Kier molecular flexibility index (Phi) is 5.63. The number of fused-ring (bicyclic) bond motifs is 1. The highest BCUT2D eigenvalue weighted by Crippen LogP contribution is 2.37. The van der Waals surface area contributed by atoms with Crippen LogP contribution in [-0.4, -0.2) is 36.2 Å². The summed E-state index contributed by atoms with van der Waals surface area (Å²) >= 11 is 7.13. The second kappa shape index (κ2) is 7.47. The summed E-state index contributed by atoms with van der Waals surface area (Å²) in [5.74, 6) is -1.23. The normalized spacial score (nSPS) is 16.6. The van der Waals surface area contributed by atoms with Crippen LogP contribution in [0.1, 0.15) is 16.8 Å². The fraction of sp³-hybridized carbons (Fsp3) is 0.267. The van der Waals surface area contributed by atoms with E-state index in [4.69, 9.17) is 21.1 Å². The maximum absolute atomic E-state index is 12.1. The molecule has 0 amide bonds. The topological polar surface area (TPSA) is 69.7 Å². The van der Waals surface area contributed by atoms with E-state index in [9.17, 15) is 14.4 Å². The Morgan fingerprint density at radius 1 is 1.36 bits per heavy atom. The maximum atomic E-state index is 12.1. The fourth-order valence-electron chi connectivity index (χ4n) is 1.86. The van der Waals surface area contributed by atoms with Gasteiger partial charge in [0.15, 0.2) is 5.78 Å². The largest absolute Gasteiger partial charge is 0.461 e. The lowest BCUT2D eigenvalue weighted by Crippen LogP contribution is -2.28. The van der Waals surface area contributed by atoms with Gasteiger partial charge in [0.05, 0.1) is 0 Å². The summed E-state index contributed by atoms with van der Waals surface area (Å²) in [6.07, 6.45) is 1.09. The number of rotatable bonds is 5. The second-order valence-corrected chi connectivity index (χ2v) is 6.09. The zero-order valence-corrected chi connectivity index (χ0v) is 13.1. The van der Waals surface area contributed by atoms with E-state index < -0.39 is 17.2 Å². The SMILES string of the molecule is C=CC(=O)OCCOC(=O)C1CC(=O)c2cc(Cl)ccc2S1. The van der Waals surface area contributed by atoms with Crippen LogP contribution in [0.25, 0.3) is 0 Å². The van der Waals surface area contributed by atoms with Crippen LogP contribution in [0.4, 0.5) is 0 Å². The third-order valence-corrected chi connectivity index (χ3v) is 4.37. The summed E-state index contributed by atoms with van der Waals surface area (Å²) in [7, 11) is 0. The molecule has 1 unspecified atom stereocenters. The van der Waals surface area contributed by atoms with Crippen LogP contribution in [0.3, 0.4) is 0 Å². The van der Waals surface area contributed by atoms with Gasteiger partial charge in [-0.25, -0.2) is 4.79 Å². The average Bonchev–Trinajstić information content (AvgIpc) is 2.51. The molecule has 7 heteroatoms. The monoisotopic (exact) mass is 340 g/mol. The second-order valence-electron chi connectivity index (χ2n) is 4.41. The highest BCUT2D eigenvalue weighted by atomic mass is 35.5. The minimum atomic E-state index is -0.601. The molecule has 0 aromatic heterocycles. The molecule has 0 spiro atoms. The van der Waals surface area contributed by atoms with Gasteiger partial charge < -0.3 is 9.47 Å². The van der Waals surface area contributed by atoms with Crippen molar-refractivity contribution in [2.24, 2.45) is 0 Å². The van der Waals surface area contributed by atoms with Gasteiger partial charge in [0.25, 0.3) is 0 Å². The summed E-state index contributed by atoms with van der Waals surface area (Å²) in [5.41, 5.74) is 0.529. The Bertz CT molecular complexity index is 628. The third kappa shape index (κ3) is 4.11. The van der Waals surface area contributed by atoms with E-state index in [0.29, 0.717) is 15.5 Å². The van der Waals surface area contributed by atoms with Crippen LogP contribution in [0.15, 0.2) is 35.7 Å². The van der Waals surface area contributed by atoms with Crippen LogP contribution < -0.4 is 0 Å². The molecule has 116 valence electrons. The molecular weight excluding hydrogens is 328 g/mol. The van der Waals surface area contributed by atoms with Crippen LogP contribution in [0.2, 0.25) is 5.02 Å². The van der Waals surface area contributed by atoms with E-state index in [0.717, 1.165) is 6.08 Å². The number of Topliss-reactive ketones (excluding diaryl/α,β-unsaturated/α-hetero) is 1. The fourth-order valence-corrected chi connectivity index (χ4v) is 3.19. The van der Waals surface area contributed by atoms with Crippen molar-refractivity contribution >= 4 is 41.1 Å². The number of hydrogen-bond donors (Lipinski definition) is 0. The quantitative estimate of drug-likeness (QED) is 0.466. The van der Waals surface area contributed by atoms with Crippen molar-refractivity contribution in [2.75, 3.05) is 13.2 Å². The molecular formula is C15H13ClO5S. The molecule has 1 aliphatic rings. The van der Waals surface area contributed by atoms with Gasteiger partial charge in [0, 0.05) is 28.0 Å². The predicted molar refractivity (Wildman–Crippen MR) is 82.2 cm³/mol. The average molecular weight is 341 g/mol. The van der Waals surface area contributed by atoms with E-state index in [2.05, 4.69) is 6.58 Å². The minimum Gasteiger partial charge on any atom is -0.461 e. The molecule has 5 nitrogen and oxygen atoms in total. The molecule has 0 radical (unpaired) electrons. The summed E-state index contributed by atoms with van der Waals surface area (Å²) in [6.45, 7) is 3.15. The summed E-state index contributed by atoms with van der Waals surface area (Å²) < 4.78 is 9.71. The van der Waals surface area contributed by atoms with Gasteiger partial charge in [-0.05, 0) is 18.2 Å². The van der Waals surface area contributed by atoms with Gasteiger partial charge in [-0.1, -0.05) is 18.2 Å². The zero-order chi connectivity index (χ0) is 16.1. The number of carbonyl (C=O) groups is 3. The molecule has 2 rings (SSSR count). The van der Waals surface area contributed by atoms with E-state index in [1.807, 2.05) is 0 Å². The molecule has 1 heterocycles. The van der Waals surface area contributed by atoms with Crippen molar-refractivity contribution < 1.29 is 23.9 Å². The Morgan fingerprint density at radius 3 is 2.82 bits per heavy atom. The van der Waals surface area contributed by atoms with E-state index in [1.165, 1.54) is 11.8 Å². The predicted octanol–water partition coefficient (Wildman–Crippen LogP) is 2.66. The molecule has 22 heavy (non-hydrogen) atoms. The first kappa shape index (κ1) is 16.6. The van der Waals surface area contributed by atoms with Crippen molar-refractivity contribution in [3.8, 4) is 0 Å². The lowest BCUT2D eigenvalue weighted by molar-refractivity contribution is -0.149. The first-order valence-corrected chi connectivity index (χ1v) is 7.72. The van der Waals surface area contributed by atoms with Crippen molar-refractivity contribution in [2.45, 2.75) is 16.6 Å². The smallest absolute Gasteiger partial charge is 0.330 e. The Hall–Kier alpha value is -1.79. The Morgan fingerprint density at radius 2 is 2.09 bits per heavy atom. The van der Waals surface area contributed by atoms with E-state index in [-0.39, 0.29) is 25.4 Å². The van der Waals surface area contributed by atoms with E-state index in [1.54, 1.807) is 18.2 Å². The van der Waals surface area contributed by atoms with Gasteiger partial charge in [-0.3, -0.25) is 9.59 Å². The Labute approximate surface area is 136 Å². The maximum Gasteiger partial charge on any atom is 0.330 e. The van der Waals surface area contributed by atoms with Crippen molar-refractivity contribution in [1.29, 1.82) is 0 Å². The van der Waals surface area contributed by atoms with Gasteiger partial charge >= 0.3 is 11.9 Å². The lowest BCUT2D eigenvalue weighted by Gasteiger charge is -2.21. The molecule has 1 atom stereocenters. The van der Waals surface area contributed by atoms with Gasteiger partial charge in [-0.15, -0.1) is 11.8 Å². The molecule has 1 aliphatic heterocycles. The first-order chi connectivity index (χ1) is 10.5. The van der Waals surface area contributed by atoms with Gasteiger partial charge in [0.2, 0.25) is 0 Å². The highest BCUT2D eigenvalue weighted by Gasteiger charge is 2.31. The van der Waals surface area contributed by atoms with Crippen molar-refractivity contribution in [1.82, 2.24) is 0 Å². The van der Waals surface area contributed by atoms with Gasteiger partial charge in [0.1, 0.15) is 18.5 Å². The van der Waals surface area contributed by atoms with Crippen molar-refractivity contribution in [3.63, 3.8) is 0 Å². The summed E-state index contributed by atoms with van der Waals surface area (Å²) in [6, 6.07) is 4.98. The number of carbonyl (C=O) groups excluding carboxylic acids is 3. The van der Waals surface area contributed by atoms with Crippen LogP contribution >= 0.6 is 23.4 Å². The van der Waals surface area contributed by atoms with Gasteiger partial charge in [-0.2, -0.15) is 0 Å². The number of halogens is 1. The summed E-state index contributed by atoms with van der Waals surface area (Å²) in [5, 5.41) is -0.117. The molecule has 1 aromatic carbocycles. The molecule has 0 bridgehead atoms. The van der Waals surface area contributed by atoms with E-state index >= 15 is 0 Å².